The lowest BCUT2D eigenvalue weighted by Crippen LogP contribution is -2.32. The van der Waals surface area contributed by atoms with E-state index in [9.17, 15) is 5.26 Å². The van der Waals surface area contributed by atoms with E-state index in [0.29, 0.717) is 11.4 Å². The summed E-state index contributed by atoms with van der Waals surface area (Å²) in [4.78, 5) is 0. The van der Waals surface area contributed by atoms with Gasteiger partial charge in [-0.25, -0.2) is 0 Å². The van der Waals surface area contributed by atoms with Gasteiger partial charge in [0.15, 0.2) is 5.82 Å². The lowest BCUT2D eigenvalue weighted by molar-refractivity contribution is 0.529. The number of nitrogens with one attached hydrogen (secondary N) is 1. The Balaban J connectivity index is 2.33. The maximum Gasteiger partial charge on any atom is 0.167 e. The van der Waals surface area contributed by atoms with Crippen molar-refractivity contribution in [3.63, 3.8) is 0 Å². The number of aryl methyl sites for hydroxylation is 1. The molecule has 0 bridgehead atoms. The summed E-state index contributed by atoms with van der Waals surface area (Å²) in [6.45, 7) is 5.99. The van der Waals surface area contributed by atoms with Crippen LogP contribution in [0.15, 0.2) is 0 Å². The Kier molecular flexibility index (Phi) is 3.01. The molecule has 1 saturated carbocycles. The van der Waals surface area contributed by atoms with Gasteiger partial charge in [0.05, 0.1) is 5.69 Å². The molecule has 0 radical (unpaired) electrons. The molecule has 0 saturated heterocycles. The van der Waals surface area contributed by atoms with Gasteiger partial charge in [-0.3, -0.25) is 0 Å². The predicted octanol–water partition coefficient (Wildman–Crippen LogP) is 2.71. The van der Waals surface area contributed by atoms with Gasteiger partial charge in [0, 0.05) is 5.54 Å². The highest BCUT2D eigenvalue weighted by molar-refractivity contribution is 5.57. The Morgan fingerprint density at radius 3 is 2.47 bits per heavy atom. The third-order valence-corrected chi connectivity index (χ3v) is 3.69. The Bertz CT molecular complexity index is 467. The molecule has 0 aliphatic heterocycles. The zero-order valence-electron chi connectivity index (χ0n) is 10.7. The van der Waals surface area contributed by atoms with Gasteiger partial charge in [-0.15, -0.1) is 5.10 Å². The summed E-state index contributed by atoms with van der Waals surface area (Å²) in [6.07, 6.45) is 4.74. The van der Waals surface area contributed by atoms with Gasteiger partial charge in [-0.05, 0) is 39.2 Å². The van der Waals surface area contributed by atoms with Crippen LogP contribution in [0.4, 0.5) is 5.82 Å². The monoisotopic (exact) mass is 230 g/mol. The number of aromatic nitrogens is 2. The van der Waals surface area contributed by atoms with E-state index in [1.165, 1.54) is 12.8 Å². The fourth-order valence-corrected chi connectivity index (χ4v) is 2.40. The van der Waals surface area contributed by atoms with Crippen molar-refractivity contribution in [2.75, 3.05) is 5.32 Å². The van der Waals surface area contributed by atoms with Crippen LogP contribution in [0.25, 0.3) is 0 Å². The van der Waals surface area contributed by atoms with Gasteiger partial charge < -0.3 is 5.32 Å². The van der Waals surface area contributed by atoms with Crippen LogP contribution in [0.1, 0.15) is 49.4 Å². The number of anilines is 1. The van der Waals surface area contributed by atoms with E-state index in [0.717, 1.165) is 24.1 Å². The molecule has 1 aromatic rings. The van der Waals surface area contributed by atoms with Gasteiger partial charge in [-0.1, -0.05) is 12.8 Å². The first-order valence-electron chi connectivity index (χ1n) is 6.08. The second-order valence-electron chi connectivity index (χ2n) is 5.14. The molecule has 0 aromatic carbocycles. The van der Waals surface area contributed by atoms with Crippen LogP contribution in [-0.4, -0.2) is 15.7 Å². The highest BCUT2D eigenvalue weighted by Gasteiger charge is 2.30. The fourth-order valence-electron chi connectivity index (χ4n) is 2.40. The fraction of sp³-hybridized carbons (Fsp3) is 0.615. The van der Waals surface area contributed by atoms with Crippen LogP contribution in [0.2, 0.25) is 0 Å². The summed E-state index contributed by atoms with van der Waals surface area (Å²) in [5.41, 5.74) is 2.45. The van der Waals surface area contributed by atoms with Gasteiger partial charge in [0.1, 0.15) is 11.6 Å². The summed E-state index contributed by atoms with van der Waals surface area (Å²) in [5.74, 6) is 0.639. The number of hydrogen-bond acceptors (Lipinski definition) is 4. The van der Waals surface area contributed by atoms with Crippen molar-refractivity contribution < 1.29 is 0 Å². The van der Waals surface area contributed by atoms with Crippen molar-refractivity contribution in [3.05, 3.63) is 16.8 Å². The summed E-state index contributed by atoms with van der Waals surface area (Å²) >= 11 is 0. The quantitative estimate of drug-likeness (QED) is 0.848. The Hall–Kier alpha value is -1.63. The van der Waals surface area contributed by atoms with Crippen molar-refractivity contribution >= 4 is 5.82 Å². The third kappa shape index (κ3) is 2.23. The molecular weight excluding hydrogens is 212 g/mol. The third-order valence-electron chi connectivity index (χ3n) is 3.69. The smallest absolute Gasteiger partial charge is 0.167 e. The minimum atomic E-state index is 0.0714. The molecule has 1 aromatic heterocycles. The Labute approximate surface area is 102 Å². The molecule has 1 aliphatic rings. The summed E-state index contributed by atoms with van der Waals surface area (Å²) < 4.78 is 0. The van der Waals surface area contributed by atoms with Crippen LogP contribution >= 0.6 is 0 Å². The molecule has 4 heteroatoms. The average Bonchev–Trinajstić information content (AvgIpc) is 2.71. The molecule has 0 atom stereocenters. The molecule has 1 heterocycles. The van der Waals surface area contributed by atoms with Gasteiger partial charge in [0.2, 0.25) is 0 Å². The maximum absolute atomic E-state index is 9.22. The molecule has 17 heavy (non-hydrogen) atoms. The normalized spacial score (nSPS) is 17.8. The Morgan fingerprint density at radius 2 is 1.88 bits per heavy atom. The highest BCUT2D eigenvalue weighted by Crippen LogP contribution is 2.33. The van der Waals surface area contributed by atoms with E-state index in [-0.39, 0.29) is 5.54 Å². The van der Waals surface area contributed by atoms with E-state index in [1.807, 2.05) is 13.8 Å². The topological polar surface area (TPSA) is 61.6 Å². The molecule has 4 nitrogen and oxygen atoms in total. The summed E-state index contributed by atoms with van der Waals surface area (Å²) in [6, 6.07) is 2.23. The van der Waals surface area contributed by atoms with E-state index in [2.05, 4.69) is 28.5 Å². The molecule has 1 N–H and O–H groups in total. The molecule has 0 spiro atoms. The second-order valence-corrected chi connectivity index (χ2v) is 5.14. The maximum atomic E-state index is 9.22. The van der Waals surface area contributed by atoms with Crippen LogP contribution < -0.4 is 5.32 Å². The lowest BCUT2D eigenvalue weighted by atomic mass is 10.00. The predicted molar refractivity (Wildman–Crippen MR) is 66.7 cm³/mol. The first-order chi connectivity index (χ1) is 8.06. The first-order valence-corrected chi connectivity index (χ1v) is 6.08. The van der Waals surface area contributed by atoms with Gasteiger partial charge >= 0.3 is 0 Å². The molecule has 1 aliphatic carbocycles. The zero-order chi connectivity index (χ0) is 12.5. The number of hydrogen-bond donors (Lipinski definition) is 1. The van der Waals surface area contributed by atoms with Crippen molar-refractivity contribution in [2.24, 2.45) is 0 Å². The molecular formula is C13H18N4. The SMILES string of the molecule is Cc1nnc(NC2(C)CCCC2)c(C#N)c1C. The summed E-state index contributed by atoms with van der Waals surface area (Å²) in [5, 5.41) is 20.9. The molecule has 0 unspecified atom stereocenters. The lowest BCUT2D eigenvalue weighted by Gasteiger charge is -2.26. The van der Waals surface area contributed by atoms with E-state index < -0.39 is 0 Å². The van der Waals surface area contributed by atoms with Gasteiger partial charge in [-0.2, -0.15) is 10.4 Å². The average molecular weight is 230 g/mol. The number of nitrogens with zero attached hydrogens (tertiary/aromatic N) is 3. The van der Waals surface area contributed by atoms with Crippen LogP contribution in [0.5, 0.6) is 0 Å². The molecule has 90 valence electrons. The molecule has 1 fully saturated rings. The number of rotatable bonds is 2. The largest absolute Gasteiger partial charge is 0.362 e. The molecule has 0 amide bonds. The van der Waals surface area contributed by atoms with E-state index in [1.54, 1.807) is 0 Å². The zero-order valence-corrected chi connectivity index (χ0v) is 10.7. The van der Waals surface area contributed by atoms with Crippen LogP contribution in [0, 0.1) is 25.2 Å². The van der Waals surface area contributed by atoms with Crippen molar-refractivity contribution in [1.82, 2.24) is 10.2 Å². The van der Waals surface area contributed by atoms with Crippen LogP contribution in [-0.2, 0) is 0 Å². The van der Waals surface area contributed by atoms with E-state index in [4.69, 9.17) is 0 Å². The summed E-state index contributed by atoms with van der Waals surface area (Å²) in [7, 11) is 0. The van der Waals surface area contributed by atoms with Crippen LogP contribution in [0.3, 0.4) is 0 Å². The second kappa shape index (κ2) is 4.33. The number of nitriles is 1. The molecule has 2 rings (SSSR count). The van der Waals surface area contributed by atoms with Crippen molar-refractivity contribution in [2.45, 2.75) is 52.0 Å². The minimum Gasteiger partial charge on any atom is -0.362 e. The Morgan fingerprint density at radius 1 is 1.24 bits per heavy atom. The van der Waals surface area contributed by atoms with E-state index >= 15 is 0 Å². The highest BCUT2D eigenvalue weighted by atomic mass is 15.2. The first kappa shape index (κ1) is 11.8. The minimum absolute atomic E-state index is 0.0714. The van der Waals surface area contributed by atoms with Gasteiger partial charge in [0.25, 0.3) is 0 Å². The van der Waals surface area contributed by atoms with Crippen molar-refractivity contribution in [1.29, 1.82) is 5.26 Å². The standard InChI is InChI=1S/C13H18N4/c1-9-10(2)16-17-12(11(9)8-14)15-13(3)6-4-5-7-13/h4-7H2,1-3H3,(H,15,17). The van der Waals surface area contributed by atoms with Crippen molar-refractivity contribution in [3.8, 4) is 6.07 Å².